The molecule has 4 atom stereocenters. The van der Waals surface area contributed by atoms with Gasteiger partial charge in [-0.1, -0.05) is 96.8 Å². The first kappa shape index (κ1) is 34.2. The molecule has 2 heterocycles. The number of thioether (sulfide) groups is 1. The predicted octanol–water partition coefficient (Wildman–Crippen LogP) is 5.89. The second-order valence-corrected chi connectivity index (χ2v) is 12.9. The van der Waals surface area contributed by atoms with Crippen LogP contribution < -0.4 is 17.2 Å². The minimum Gasteiger partial charge on any atom is -0.381 e. The van der Waals surface area contributed by atoms with E-state index in [1.54, 1.807) is 0 Å². The fraction of sp³-hybridized carbons (Fsp3) is 0.846. The van der Waals surface area contributed by atoms with Crippen molar-refractivity contribution in [3.8, 4) is 0 Å². The first-order valence-electron chi connectivity index (χ1n) is 14.4. The average molecular weight is 595 g/mol. The van der Waals surface area contributed by atoms with E-state index in [4.69, 9.17) is 25.3 Å². The number of phosphoric acid groups is 1. The summed E-state index contributed by atoms with van der Waals surface area (Å²) in [6.45, 7) is 1.92. The number of ether oxygens (including phenoxy) is 1. The lowest BCUT2D eigenvalue weighted by Crippen LogP contribution is -2.30. The number of aromatic nitrogens is 2. The van der Waals surface area contributed by atoms with Gasteiger partial charge in [0.25, 0.3) is 0 Å². The molecule has 1 saturated heterocycles. The average Bonchev–Trinajstić information content (AvgIpc) is 3.37. The first-order valence-corrected chi connectivity index (χ1v) is 16.9. The number of unbranched alkanes of at least 4 members (excludes halogenated alkanes) is 13. The SMILES string of the molecule is CCCCCCCCCCCCCCCC[C@@H](N)COP(=O)(O)OC[C@@H]1OC(n2cc(F)c(N)nc2=O)CS1. The smallest absolute Gasteiger partial charge is 0.381 e. The Morgan fingerprint density at radius 3 is 2.26 bits per heavy atom. The predicted molar refractivity (Wildman–Crippen MR) is 154 cm³/mol. The summed E-state index contributed by atoms with van der Waals surface area (Å²) in [5.74, 6) is -1.01. The van der Waals surface area contributed by atoms with Gasteiger partial charge in [0.15, 0.2) is 11.6 Å². The highest BCUT2D eigenvalue weighted by Gasteiger charge is 2.32. The summed E-state index contributed by atoms with van der Waals surface area (Å²) in [5.41, 5.74) is 9.95. The molecule has 1 aliphatic heterocycles. The molecular weight excluding hydrogens is 546 g/mol. The summed E-state index contributed by atoms with van der Waals surface area (Å²) in [6.07, 6.45) is 18.8. The Morgan fingerprint density at radius 2 is 1.67 bits per heavy atom. The number of phosphoric ester groups is 1. The van der Waals surface area contributed by atoms with Gasteiger partial charge >= 0.3 is 13.5 Å². The number of hydrogen-bond acceptors (Lipinski definition) is 9. The zero-order chi connectivity index (χ0) is 28.5. The van der Waals surface area contributed by atoms with Gasteiger partial charge in [-0.2, -0.15) is 4.98 Å². The Morgan fingerprint density at radius 1 is 1.10 bits per heavy atom. The summed E-state index contributed by atoms with van der Waals surface area (Å²) < 4.78 is 42.6. The first-order chi connectivity index (χ1) is 18.7. The van der Waals surface area contributed by atoms with E-state index in [1.807, 2.05) is 0 Å². The molecule has 1 aliphatic rings. The van der Waals surface area contributed by atoms with Crippen LogP contribution >= 0.6 is 19.6 Å². The Kier molecular flexibility index (Phi) is 16.8. The fourth-order valence-corrected chi connectivity index (χ4v) is 6.28. The minimum atomic E-state index is -4.32. The zero-order valence-electron chi connectivity index (χ0n) is 23.3. The number of anilines is 1. The number of halogens is 1. The maximum Gasteiger partial charge on any atom is 0.472 e. The third kappa shape index (κ3) is 14.4. The molecule has 1 aromatic heterocycles. The van der Waals surface area contributed by atoms with Crippen molar-refractivity contribution in [2.45, 2.75) is 121 Å². The summed E-state index contributed by atoms with van der Waals surface area (Å²) in [4.78, 5) is 25.3. The number of nitrogens with zero attached hydrogens (tertiary/aromatic N) is 2. The van der Waals surface area contributed by atoms with Crippen LogP contribution in [0.4, 0.5) is 10.2 Å². The normalized spacial score (nSPS) is 19.8. The molecule has 0 bridgehead atoms. The van der Waals surface area contributed by atoms with Crippen LogP contribution in [-0.2, 0) is 18.3 Å². The molecular formula is C26H48FN4O6PS. The largest absolute Gasteiger partial charge is 0.472 e. The molecule has 0 aliphatic carbocycles. The van der Waals surface area contributed by atoms with Crippen LogP contribution in [-0.4, -0.2) is 44.9 Å². The second kappa shape index (κ2) is 19.2. The standard InChI is InChI=1S/C26H48FN4O6PS/c1-2-3-4-5-6-7-8-9-10-11-12-13-14-15-16-21(28)18-35-38(33,34)36-19-24-37-23(20-39-24)31-17-22(27)25(29)30-26(31)32/h17,21,23-24H,2-16,18-20,28H2,1H3,(H,33,34)(H2,29,30,32)/t21-,23?,24-/m1/s1. The van der Waals surface area contributed by atoms with Gasteiger partial charge in [-0.15, -0.1) is 11.8 Å². The molecule has 39 heavy (non-hydrogen) atoms. The van der Waals surface area contributed by atoms with Crippen LogP contribution in [0.5, 0.6) is 0 Å². The van der Waals surface area contributed by atoms with Crippen molar-refractivity contribution in [2.24, 2.45) is 5.73 Å². The third-order valence-corrected chi connectivity index (χ3v) is 8.78. The highest BCUT2D eigenvalue weighted by molar-refractivity contribution is 8.00. The molecule has 0 aromatic carbocycles. The van der Waals surface area contributed by atoms with Crippen LogP contribution in [0.3, 0.4) is 0 Å². The maximum absolute atomic E-state index is 13.7. The number of nitrogens with two attached hydrogens (primary N) is 2. The molecule has 0 spiro atoms. The molecule has 5 N–H and O–H groups in total. The molecule has 2 rings (SSSR count). The highest BCUT2D eigenvalue weighted by atomic mass is 32.2. The number of rotatable bonds is 22. The van der Waals surface area contributed by atoms with E-state index in [2.05, 4.69) is 11.9 Å². The van der Waals surface area contributed by atoms with Crippen molar-refractivity contribution in [3.63, 3.8) is 0 Å². The van der Waals surface area contributed by atoms with Crippen LogP contribution in [0.2, 0.25) is 0 Å². The Balaban J connectivity index is 1.48. The van der Waals surface area contributed by atoms with E-state index < -0.39 is 36.8 Å². The highest BCUT2D eigenvalue weighted by Crippen LogP contribution is 2.45. The van der Waals surface area contributed by atoms with Crippen molar-refractivity contribution in [1.29, 1.82) is 0 Å². The van der Waals surface area contributed by atoms with Gasteiger partial charge < -0.3 is 21.1 Å². The van der Waals surface area contributed by atoms with E-state index in [9.17, 15) is 18.6 Å². The van der Waals surface area contributed by atoms with Gasteiger partial charge in [0.1, 0.15) is 11.7 Å². The van der Waals surface area contributed by atoms with Crippen molar-refractivity contribution in [3.05, 3.63) is 22.5 Å². The van der Waals surface area contributed by atoms with Gasteiger partial charge in [0, 0.05) is 11.8 Å². The Hall–Kier alpha value is -1.01. The van der Waals surface area contributed by atoms with E-state index in [0.29, 0.717) is 12.2 Å². The number of hydrogen-bond donors (Lipinski definition) is 3. The van der Waals surface area contributed by atoms with E-state index >= 15 is 0 Å². The molecule has 0 radical (unpaired) electrons. The lowest BCUT2D eigenvalue weighted by molar-refractivity contribution is -0.00893. The number of nitrogen functional groups attached to an aromatic ring is 1. The van der Waals surface area contributed by atoms with E-state index in [0.717, 1.165) is 23.6 Å². The monoisotopic (exact) mass is 594 g/mol. The van der Waals surface area contributed by atoms with Crippen molar-refractivity contribution in [2.75, 3.05) is 24.7 Å². The Labute approximate surface area is 236 Å². The summed E-state index contributed by atoms with van der Waals surface area (Å²) >= 11 is 1.26. The molecule has 0 amide bonds. The lowest BCUT2D eigenvalue weighted by Gasteiger charge is -2.18. The third-order valence-electron chi connectivity index (χ3n) is 6.73. The summed E-state index contributed by atoms with van der Waals surface area (Å²) in [7, 11) is -4.32. The maximum atomic E-state index is 13.7. The van der Waals surface area contributed by atoms with Gasteiger partial charge in [0.2, 0.25) is 0 Å². The van der Waals surface area contributed by atoms with Gasteiger partial charge in [-0.05, 0) is 6.42 Å². The van der Waals surface area contributed by atoms with E-state index in [-0.39, 0.29) is 19.3 Å². The van der Waals surface area contributed by atoms with Crippen molar-refractivity contribution < 1.29 is 27.6 Å². The van der Waals surface area contributed by atoms with Crippen LogP contribution in [0, 0.1) is 5.82 Å². The van der Waals surface area contributed by atoms with Crippen LogP contribution in [0.25, 0.3) is 0 Å². The Bertz CT molecular complexity index is 927. The molecule has 1 fully saturated rings. The molecule has 13 heteroatoms. The summed E-state index contributed by atoms with van der Waals surface area (Å²) in [5, 5.41) is 0. The quantitative estimate of drug-likeness (QED) is 0.109. The molecule has 0 saturated carbocycles. The minimum absolute atomic E-state index is 0.0840. The second-order valence-electron chi connectivity index (χ2n) is 10.2. The molecule has 10 nitrogen and oxygen atoms in total. The summed E-state index contributed by atoms with van der Waals surface area (Å²) in [6, 6.07) is -0.354. The topological polar surface area (TPSA) is 152 Å². The molecule has 1 aromatic rings. The van der Waals surface area contributed by atoms with Crippen LogP contribution in [0.15, 0.2) is 11.0 Å². The van der Waals surface area contributed by atoms with Crippen molar-refractivity contribution >= 4 is 25.4 Å². The van der Waals surface area contributed by atoms with Gasteiger partial charge in [0.05, 0.1) is 19.4 Å². The fourth-order valence-electron chi connectivity index (χ4n) is 4.41. The van der Waals surface area contributed by atoms with Crippen LogP contribution in [0.1, 0.15) is 109 Å². The van der Waals surface area contributed by atoms with E-state index in [1.165, 1.54) is 88.8 Å². The van der Waals surface area contributed by atoms with Gasteiger partial charge in [-0.3, -0.25) is 13.6 Å². The van der Waals surface area contributed by atoms with Crippen molar-refractivity contribution in [1.82, 2.24) is 9.55 Å². The molecule has 226 valence electrons. The molecule has 2 unspecified atom stereocenters. The van der Waals surface area contributed by atoms with Gasteiger partial charge in [-0.25, -0.2) is 13.8 Å². The lowest BCUT2D eigenvalue weighted by atomic mass is 10.0. The zero-order valence-corrected chi connectivity index (χ0v) is 25.0.